The number of benzene rings is 2. The number of carbonyl (C=O) groups is 2. The van der Waals surface area contributed by atoms with Crippen molar-refractivity contribution in [1.82, 2.24) is 4.90 Å². The molecule has 0 atom stereocenters. The molecule has 1 N–H and O–H groups in total. The third kappa shape index (κ3) is 7.35. The van der Waals surface area contributed by atoms with Gasteiger partial charge < -0.3 is 14.6 Å². The minimum Gasteiger partial charge on any atom is -0.507 e. The third-order valence-corrected chi connectivity index (χ3v) is 6.31. The minimum absolute atomic E-state index is 0.0557. The molecular weight excluding hydrogens is 461 g/mol. The molecule has 2 aromatic carbocycles. The van der Waals surface area contributed by atoms with Crippen molar-refractivity contribution in [2.75, 3.05) is 33.4 Å². The van der Waals surface area contributed by atoms with Crippen molar-refractivity contribution in [2.45, 2.75) is 33.2 Å². The van der Waals surface area contributed by atoms with E-state index in [-0.39, 0.29) is 11.3 Å². The van der Waals surface area contributed by atoms with Crippen molar-refractivity contribution in [3.63, 3.8) is 0 Å². The zero-order valence-corrected chi connectivity index (χ0v) is 21.1. The van der Waals surface area contributed by atoms with Gasteiger partial charge in [0.1, 0.15) is 23.6 Å². The highest BCUT2D eigenvalue weighted by molar-refractivity contribution is 6.07. The summed E-state index contributed by atoms with van der Waals surface area (Å²) in [6.45, 7) is 7.13. The standard InChI is InChI=1S/C25H26FNO5.C4H8/c1-17-3-4-20(26)14-18(17)13-19(16-29)21(7-10-28)22-5-6-24(30)23(25(22)31-2)15-27-8-11-32-12-9-27;1-4-2-3-4/h3-7,10,13-14,16,30H,8-9,11-12,15H2,1-2H3;4H,2-3H2,1H3/b19-13+,21-7-;. The van der Waals surface area contributed by atoms with Gasteiger partial charge in [-0.25, -0.2) is 4.39 Å². The summed E-state index contributed by atoms with van der Waals surface area (Å²) < 4.78 is 24.8. The van der Waals surface area contributed by atoms with Gasteiger partial charge in [-0.1, -0.05) is 25.8 Å². The topological polar surface area (TPSA) is 76.1 Å². The van der Waals surface area contributed by atoms with Gasteiger partial charge in [0.05, 0.1) is 25.9 Å². The molecule has 1 heterocycles. The van der Waals surface area contributed by atoms with Gasteiger partial charge in [-0.3, -0.25) is 14.5 Å². The van der Waals surface area contributed by atoms with Crippen LogP contribution in [-0.4, -0.2) is 56.0 Å². The van der Waals surface area contributed by atoms with Crippen molar-refractivity contribution >= 4 is 24.2 Å². The molecule has 1 aliphatic carbocycles. The van der Waals surface area contributed by atoms with Crippen LogP contribution < -0.4 is 4.74 Å². The number of halogens is 1. The number of hydrogen-bond donors (Lipinski definition) is 1. The summed E-state index contributed by atoms with van der Waals surface area (Å²) in [5, 5.41) is 10.5. The number of ether oxygens (including phenoxy) is 2. The first-order valence-electron chi connectivity index (χ1n) is 12.2. The quantitative estimate of drug-likeness (QED) is 0.317. The Morgan fingerprint density at radius 3 is 2.47 bits per heavy atom. The van der Waals surface area contributed by atoms with Crippen LogP contribution in [-0.2, 0) is 20.9 Å². The Hall–Kier alpha value is -3.29. The Morgan fingerprint density at radius 1 is 1.19 bits per heavy atom. The molecule has 1 saturated carbocycles. The summed E-state index contributed by atoms with van der Waals surface area (Å²) >= 11 is 0. The van der Waals surface area contributed by atoms with Crippen LogP contribution in [0, 0.1) is 18.7 Å². The Bertz CT molecular complexity index is 1130. The van der Waals surface area contributed by atoms with Crippen LogP contribution >= 0.6 is 0 Å². The molecule has 0 spiro atoms. The molecule has 7 heteroatoms. The van der Waals surface area contributed by atoms with Gasteiger partial charge in [-0.05, 0) is 66.0 Å². The summed E-state index contributed by atoms with van der Waals surface area (Å²) in [6, 6.07) is 7.41. The van der Waals surface area contributed by atoms with E-state index in [1.807, 2.05) is 0 Å². The van der Waals surface area contributed by atoms with Crippen molar-refractivity contribution in [3.05, 3.63) is 70.1 Å². The molecule has 0 unspecified atom stereocenters. The van der Waals surface area contributed by atoms with E-state index in [0.29, 0.717) is 73.4 Å². The lowest BCUT2D eigenvalue weighted by Crippen LogP contribution is -2.35. The van der Waals surface area contributed by atoms with E-state index in [0.717, 1.165) is 11.5 Å². The molecule has 1 aliphatic heterocycles. The normalized spacial score (nSPS) is 16.7. The molecule has 192 valence electrons. The number of methoxy groups -OCH3 is 1. The monoisotopic (exact) mass is 495 g/mol. The van der Waals surface area contributed by atoms with Crippen LogP contribution in [0.1, 0.15) is 42.0 Å². The molecule has 0 bridgehead atoms. The van der Waals surface area contributed by atoms with Crippen LogP contribution in [0.5, 0.6) is 11.5 Å². The lowest BCUT2D eigenvalue weighted by atomic mass is 9.92. The summed E-state index contributed by atoms with van der Waals surface area (Å²) in [5.74, 6) is 1.08. The molecular formula is C29H34FNO5. The number of phenols is 1. The number of aromatic hydroxyl groups is 1. The highest BCUT2D eigenvalue weighted by Gasteiger charge is 2.22. The molecule has 36 heavy (non-hydrogen) atoms. The van der Waals surface area contributed by atoms with Gasteiger partial charge in [0.15, 0.2) is 6.29 Å². The zero-order valence-electron chi connectivity index (χ0n) is 21.1. The smallest absolute Gasteiger partial charge is 0.150 e. The van der Waals surface area contributed by atoms with Gasteiger partial charge in [0.25, 0.3) is 0 Å². The second-order valence-electron chi connectivity index (χ2n) is 9.15. The van der Waals surface area contributed by atoms with E-state index in [1.165, 1.54) is 50.3 Å². The van der Waals surface area contributed by atoms with Gasteiger partial charge in [-0.2, -0.15) is 0 Å². The summed E-state index contributed by atoms with van der Waals surface area (Å²) in [6.07, 6.45) is 6.98. The van der Waals surface area contributed by atoms with Gasteiger partial charge in [-0.15, -0.1) is 0 Å². The van der Waals surface area contributed by atoms with Crippen molar-refractivity contribution in [3.8, 4) is 11.5 Å². The Morgan fingerprint density at radius 2 is 1.89 bits per heavy atom. The number of aldehydes is 2. The Labute approximate surface area is 212 Å². The fourth-order valence-electron chi connectivity index (χ4n) is 3.88. The van der Waals surface area contributed by atoms with Crippen molar-refractivity contribution in [2.24, 2.45) is 5.92 Å². The van der Waals surface area contributed by atoms with Crippen molar-refractivity contribution in [1.29, 1.82) is 0 Å². The first-order valence-corrected chi connectivity index (χ1v) is 12.2. The zero-order chi connectivity index (χ0) is 26.1. The van der Waals surface area contributed by atoms with E-state index in [9.17, 15) is 19.1 Å². The number of morpholine rings is 1. The molecule has 2 aromatic rings. The van der Waals surface area contributed by atoms with Crippen LogP contribution in [0.3, 0.4) is 0 Å². The fraction of sp³-hybridized carbons (Fsp3) is 0.379. The largest absolute Gasteiger partial charge is 0.507 e. The molecule has 2 fully saturated rings. The maximum absolute atomic E-state index is 13.8. The van der Waals surface area contributed by atoms with Crippen LogP contribution in [0.15, 0.2) is 42.0 Å². The molecule has 1 saturated heterocycles. The predicted octanol–water partition coefficient (Wildman–Crippen LogP) is 4.96. The lowest BCUT2D eigenvalue weighted by molar-refractivity contribution is -0.104. The first-order chi connectivity index (χ1) is 17.4. The van der Waals surface area contributed by atoms with Gasteiger partial charge >= 0.3 is 0 Å². The number of nitrogens with zero attached hydrogens (tertiary/aromatic N) is 1. The summed E-state index contributed by atoms with van der Waals surface area (Å²) in [4.78, 5) is 25.6. The third-order valence-electron chi connectivity index (χ3n) is 6.31. The molecule has 2 aliphatic rings. The number of phenolic OH excluding ortho intramolecular Hbond substituents is 1. The Kier molecular flexibility index (Phi) is 9.96. The van der Waals surface area contributed by atoms with E-state index >= 15 is 0 Å². The summed E-state index contributed by atoms with van der Waals surface area (Å²) in [7, 11) is 1.47. The Balaban J connectivity index is 0.000000819. The van der Waals surface area contributed by atoms with E-state index in [4.69, 9.17) is 9.47 Å². The molecule has 0 aromatic heterocycles. The van der Waals surface area contributed by atoms with Crippen LogP contribution in [0.2, 0.25) is 0 Å². The van der Waals surface area contributed by atoms with E-state index in [1.54, 1.807) is 19.1 Å². The van der Waals surface area contributed by atoms with Crippen LogP contribution in [0.25, 0.3) is 11.6 Å². The average Bonchev–Trinajstić information content (AvgIpc) is 3.67. The number of hydrogen-bond acceptors (Lipinski definition) is 6. The first kappa shape index (κ1) is 27.3. The number of rotatable bonds is 8. The SMILES string of the molecule is CC1CC1.COc1c(C(=C\C=O)/C(C=O)=C/c2cc(F)ccc2C)ccc(O)c1CN1CCOCC1. The lowest BCUT2D eigenvalue weighted by Gasteiger charge is -2.28. The number of aryl methyl sites for hydroxylation is 1. The number of carbonyl (C=O) groups excluding carboxylic acids is 2. The number of allylic oxidation sites excluding steroid dienone is 3. The minimum atomic E-state index is -0.428. The molecule has 6 nitrogen and oxygen atoms in total. The summed E-state index contributed by atoms with van der Waals surface area (Å²) in [5.41, 5.74) is 2.84. The highest BCUT2D eigenvalue weighted by Crippen LogP contribution is 2.39. The van der Waals surface area contributed by atoms with E-state index in [2.05, 4.69) is 11.8 Å². The maximum Gasteiger partial charge on any atom is 0.150 e. The predicted molar refractivity (Wildman–Crippen MR) is 138 cm³/mol. The highest BCUT2D eigenvalue weighted by atomic mass is 19.1. The fourth-order valence-corrected chi connectivity index (χ4v) is 3.88. The molecule has 0 amide bonds. The molecule has 4 rings (SSSR count). The van der Waals surface area contributed by atoms with Crippen molar-refractivity contribution < 1.29 is 28.6 Å². The second kappa shape index (κ2) is 13.1. The van der Waals surface area contributed by atoms with Gasteiger partial charge in [0, 0.05) is 30.8 Å². The van der Waals surface area contributed by atoms with Gasteiger partial charge in [0.2, 0.25) is 0 Å². The second-order valence-corrected chi connectivity index (χ2v) is 9.15. The average molecular weight is 496 g/mol. The molecule has 0 radical (unpaired) electrons. The van der Waals surface area contributed by atoms with Crippen LogP contribution in [0.4, 0.5) is 4.39 Å². The maximum atomic E-state index is 13.8. The van der Waals surface area contributed by atoms with E-state index < -0.39 is 5.82 Å².